The zero-order chi connectivity index (χ0) is 19.3. The van der Waals surface area contributed by atoms with E-state index in [1.807, 2.05) is 36.4 Å². The highest BCUT2D eigenvalue weighted by Gasteiger charge is 2.33. The number of nitrogens with zero attached hydrogens (tertiary/aromatic N) is 2. The zero-order valence-corrected chi connectivity index (χ0v) is 15.2. The van der Waals surface area contributed by atoms with E-state index in [-0.39, 0.29) is 29.4 Å². The molecule has 0 aliphatic heterocycles. The highest BCUT2D eigenvalue weighted by atomic mass is 19.1. The molecule has 0 radical (unpaired) electrons. The van der Waals surface area contributed by atoms with Crippen LogP contribution in [0.5, 0.6) is 5.88 Å². The number of rotatable bonds is 6. The first kappa shape index (κ1) is 18.1. The maximum atomic E-state index is 13.8. The normalized spacial score (nSPS) is 18.2. The molecule has 6 heteroatoms. The standard InChI is InChI=1S/C22H20FN3O2/c23-19-9-5-4-8-18(19)16-10-17(11-16)26-22(27)20-12-25-21(13-24-20)28-14-15-6-2-1-3-7-15/h1-9,12-13,16-17H,10-11,14H2,(H,26,27). The van der Waals surface area contributed by atoms with Crippen LogP contribution in [-0.2, 0) is 6.61 Å². The number of aromatic nitrogens is 2. The lowest BCUT2D eigenvalue weighted by molar-refractivity contribution is 0.0902. The van der Waals surface area contributed by atoms with Crippen LogP contribution in [0.25, 0.3) is 0 Å². The second-order valence-electron chi connectivity index (χ2n) is 6.87. The number of carbonyl (C=O) groups is 1. The summed E-state index contributed by atoms with van der Waals surface area (Å²) in [6, 6.07) is 16.6. The number of halogens is 1. The van der Waals surface area contributed by atoms with Gasteiger partial charge in [0.15, 0.2) is 0 Å². The molecule has 2 aromatic carbocycles. The van der Waals surface area contributed by atoms with Crippen molar-refractivity contribution in [2.24, 2.45) is 0 Å². The van der Waals surface area contributed by atoms with Crippen LogP contribution >= 0.6 is 0 Å². The minimum atomic E-state index is -0.279. The summed E-state index contributed by atoms with van der Waals surface area (Å²) in [5.41, 5.74) is 1.98. The van der Waals surface area contributed by atoms with E-state index in [9.17, 15) is 9.18 Å². The molecule has 0 unspecified atom stereocenters. The molecule has 1 aliphatic rings. The van der Waals surface area contributed by atoms with Gasteiger partial charge in [-0.2, -0.15) is 0 Å². The number of benzene rings is 2. The molecule has 142 valence electrons. The number of nitrogens with one attached hydrogen (secondary N) is 1. The Labute approximate surface area is 162 Å². The first-order chi connectivity index (χ1) is 13.7. The summed E-state index contributed by atoms with van der Waals surface area (Å²) in [4.78, 5) is 20.6. The van der Waals surface area contributed by atoms with Crippen LogP contribution in [-0.4, -0.2) is 21.9 Å². The van der Waals surface area contributed by atoms with Crippen molar-refractivity contribution in [3.8, 4) is 5.88 Å². The summed E-state index contributed by atoms with van der Waals surface area (Å²) in [6.45, 7) is 0.389. The summed E-state index contributed by atoms with van der Waals surface area (Å²) in [7, 11) is 0. The SMILES string of the molecule is O=C(NC1CC(c2ccccc2F)C1)c1cnc(OCc2ccccc2)cn1. The first-order valence-electron chi connectivity index (χ1n) is 9.23. The van der Waals surface area contributed by atoms with Gasteiger partial charge < -0.3 is 10.1 Å². The van der Waals surface area contributed by atoms with Gasteiger partial charge in [-0.1, -0.05) is 48.5 Å². The van der Waals surface area contributed by atoms with E-state index in [1.54, 1.807) is 12.1 Å². The summed E-state index contributed by atoms with van der Waals surface area (Å²) in [5.74, 6) is 0.0448. The summed E-state index contributed by atoms with van der Waals surface area (Å²) >= 11 is 0. The van der Waals surface area contributed by atoms with Gasteiger partial charge in [0, 0.05) is 6.04 Å². The number of hydrogen-bond acceptors (Lipinski definition) is 4. The molecular formula is C22H20FN3O2. The Hall–Kier alpha value is -3.28. The molecule has 3 aromatic rings. The van der Waals surface area contributed by atoms with Gasteiger partial charge in [0.2, 0.25) is 5.88 Å². The average molecular weight is 377 g/mol. The third kappa shape index (κ3) is 4.17. The quantitative estimate of drug-likeness (QED) is 0.708. The van der Waals surface area contributed by atoms with E-state index in [2.05, 4.69) is 15.3 Å². The van der Waals surface area contributed by atoms with E-state index in [1.165, 1.54) is 18.5 Å². The van der Waals surface area contributed by atoms with Crippen molar-refractivity contribution < 1.29 is 13.9 Å². The third-order valence-electron chi connectivity index (χ3n) is 4.91. The molecule has 0 bridgehead atoms. The van der Waals surface area contributed by atoms with Crippen molar-refractivity contribution in [3.05, 3.63) is 89.6 Å². The molecule has 5 nitrogen and oxygen atoms in total. The van der Waals surface area contributed by atoms with Crippen LogP contribution in [0.1, 0.15) is 40.4 Å². The van der Waals surface area contributed by atoms with Crippen LogP contribution in [0.15, 0.2) is 67.0 Å². The molecule has 1 aliphatic carbocycles. The maximum Gasteiger partial charge on any atom is 0.271 e. The minimum absolute atomic E-state index is 0.0212. The molecule has 1 amide bonds. The van der Waals surface area contributed by atoms with Crippen molar-refractivity contribution in [1.29, 1.82) is 0 Å². The molecule has 28 heavy (non-hydrogen) atoms. The average Bonchev–Trinajstić information content (AvgIpc) is 2.71. The molecule has 0 atom stereocenters. The van der Waals surface area contributed by atoms with Gasteiger partial charge in [0.25, 0.3) is 5.91 Å². The molecule has 0 saturated heterocycles. The largest absolute Gasteiger partial charge is 0.472 e. The van der Waals surface area contributed by atoms with Gasteiger partial charge in [-0.15, -0.1) is 0 Å². The van der Waals surface area contributed by atoms with Gasteiger partial charge >= 0.3 is 0 Å². The number of ether oxygens (including phenoxy) is 1. The fraction of sp³-hybridized carbons (Fsp3) is 0.227. The smallest absolute Gasteiger partial charge is 0.271 e. The first-order valence-corrected chi connectivity index (χ1v) is 9.23. The van der Waals surface area contributed by atoms with E-state index < -0.39 is 0 Å². The Morgan fingerprint density at radius 1 is 1.04 bits per heavy atom. The lowest BCUT2D eigenvalue weighted by atomic mass is 9.75. The number of hydrogen-bond donors (Lipinski definition) is 1. The fourth-order valence-corrected chi connectivity index (χ4v) is 3.29. The van der Waals surface area contributed by atoms with Gasteiger partial charge in [0.1, 0.15) is 18.1 Å². The van der Waals surface area contributed by atoms with Crippen LogP contribution in [0.3, 0.4) is 0 Å². The molecule has 1 aromatic heterocycles. The number of amides is 1. The van der Waals surface area contributed by atoms with Crippen molar-refractivity contribution in [3.63, 3.8) is 0 Å². The third-order valence-corrected chi connectivity index (χ3v) is 4.91. The Morgan fingerprint density at radius 2 is 1.79 bits per heavy atom. The Bertz CT molecular complexity index is 942. The molecule has 1 N–H and O–H groups in total. The van der Waals surface area contributed by atoms with Crippen molar-refractivity contribution >= 4 is 5.91 Å². The highest BCUT2D eigenvalue weighted by molar-refractivity contribution is 5.92. The van der Waals surface area contributed by atoms with E-state index in [0.29, 0.717) is 18.1 Å². The van der Waals surface area contributed by atoms with Gasteiger partial charge in [-0.25, -0.2) is 14.4 Å². The van der Waals surface area contributed by atoms with Crippen molar-refractivity contribution in [2.45, 2.75) is 31.4 Å². The highest BCUT2D eigenvalue weighted by Crippen LogP contribution is 2.38. The minimum Gasteiger partial charge on any atom is -0.472 e. The van der Waals surface area contributed by atoms with Gasteiger partial charge in [-0.05, 0) is 36.0 Å². The lowest BCUT2D eigenvalue weighted by Gasteiger charge is -2.36. The molecular weight excluding hydrogens is 357 g/mol. The summed E-state index contributed by atoms with van der Waals surface area (Å²) < 4.78 is 19.4. The van der Waals surface area contributed by atoms with E-state index in [4.69, 9.17) is 4.74 Å². The summed E-state index contributed by atoms with van der Waals surface area (Å²) in [5, 5.41) is 2.92. The van der Waals surface area contributed by atoms with Crippen molar-refractivity contribution in [2.75, 3.05) is 0 Å². The zero-order valence-electron chi connectivity index (χ0n) is 15.2. The second kappa shape index (κ2) is 8.17. The summed E-state index contributed by atoms with van der Waals surface area (Å²) in [6.07, 6.45) is 4.29. The topological polar surface area (TPSA) is 64.1 Å². The monoisotopic (exact) mass is 377 g/mol. The number of carbonyl (C=O) groups excluding carboxylic acids is 1. The van der Waals surface area contributed by atoms with Crippen LogP contribution in [0.4, 0.5) is 4.39 Å². The Balaban J connectivity index is 1.27. The Kier molecular flexibility index (Phi) is 5.28. The van der Waals surface area contributed by atoms with Crippen LogP contribution in [0.2, 0.25) is 0 Å². The second-order valence-corrected chi connectivity index (χ2v) is 6.87. The fourth-order valence-electron chi connectivity index (χ4n) is 3.29. The molecule has 1 heterocycles. The molecule has 1 fully saturated rings. The Morgan fingerprint density at radius 3 is 2.50 bits per heavy atom. The molecule has 0 spiro atoms. The predicted octanol–water partition coefficient (Wildman–Crippen LogP) is 3.87. The maximum absolute atomic E-state index is 13.8. The van der Waals surface area contributed by atoms with Crippen LogP contribution in [0, 0.1) is 5.82 Å². The lowest BCUT2D eigenvalue weighted by Crippen LogP contribution is -2.43. The predicted molar refractivity (Wildman–Crippen MR) is 102 cm³/mol. The van der Waals surface area contributed by atoms with Gasteiger partial charge in [-0.3, -0.25) is 4.79 Å². The molecule has 4 rings (SSSR count). The van der Waals surface area contributed by atoms with Crippen LogP contribution < -0.4 is 10.1 Å². The van der Waals surface area contributed by atoms with E-state index >= 15 is 0 Å². The van der Waals surface area contributed by atoms with E-state index in [0.717, 1.165) is 18.4 Å². The van der Waals surface area contributed by atoms with Crippen molar-refractivity contribution in [1.82, 2.24) is 15.3 Å². The molecule has 1 saturated carbocycles. The van der Waals surface area contributed by atoms with Gasteiger partial charge in [0.05, 0.1) is 12.4 Å².